The van der Waals surface area contributed by atoms with Crippen molar-refractivity contribution in [1.82, 2.24) is 15.2 Å². The minimum atomic E-state index is 0. The molecular formula is C21H29IN4O3. The van der Waals surface area contributed by atoms with Crippen LogP contribution in [0.2, 0.25) is 0 Å². The first-order valence-electron chi connectivity index (χ1n) is 9.62. The van der Waals surface area contributed by atoms with E-state index in [0.29, 0.717) is 29.7 Å². The standard InChI is InChI=1S/C21H28N4O3.HI/c1-4-22-21(25-12-5-6-13-25)24-15-16-10-11-19(23-14-16)28-20-17(26-2)8-7-9-18(20)27-3;/h7-11,14H,4-6,12-13,15H2,1-3H3,(H,22,24);1H. The summed E-state index contributed by atoms with van der Waals surface area (Å²) >= 11 is 0. The van der Waals surface area contributed by atoms with Gasteiger partial charge in [-0.25, -0.2) is 9.98 Å². The molecule has 1 aromatic carbocycles. The van der Waals surface area contributed by atoms with E-state index in [2.05, 4.69) is 22.1 Å². The number of aliphatic imine (C=N–C) groups is 1. The van der Waals surface area contributed by atoms with E-state index in [1.165, 1.54) is 12.8 Å². The molecule has 0 atom stereocenters. The van der Waals surface area contributed by atoms with Crippen LogP contribution in [0.5, 0.6) is 23.1 Å². The Hall–Kier alpha value is -2.23. The molecule has 1 N–H and O–H groups in total. The summed E-state index contributed by atoms with van der Waals surface area (Å²) in [5, 5.41) is 3.37. The second-order valence-corrected chi connectivity index (χ2v) is 6.46. The first-order chi connectivity index (χ1) is 13.7. The van der Waals surface area contributed by atoms with Crippen LogP contribution >= 0.6 is 24.0 Å². The van der Waals surface area contributed by atoms with Crippen molar-refractivity contribution < 1.29 is 14.2 Å². The van der Waals surface area contributed by atoms with E-state index in [0.717, 1.165) is 31.2 Å². The van der Waals surface area contributed by atoms with Crippen molar-refractivity contribution in [3.8, 4) is 23.1 Å². The monoisotopic (exact) mass is 512 g/mol. The smallest absolute Gasteiger partial charge is 0.219 e. The van der Waals surface area contributed by atoms with E-state index in [9.17, 15) is 0 Å². The third kappa shape index (κ3) is 6.12. The Morgan fingerprint density at radius 3 is 2.34 bits per heavy atom. The molecule has 1 saturated heterocycles. The van der Waals surface area contributed by atoms with Crippen LogP contribution in [0.3, 0.4) is 0 Å². The van der Waals surface area contributed by atoms with Crippen LogP contribution in [0.15, 0.2) is 41.5 Å². The molecule has 0 radical (unpaired) electrons. The van der Waals surface area contributed by atoms with Gasteiger partial charge < -0.3 is 24.4 Å². The number of likely N-dealkylation sites (tertiary alicyclic amines) is 1. The lowest BCUT2D eigenvalue weighted by molar-refractivity contribution is 0.342. The van der Waals surface area contributed by atoms with Crippen LogP contribution in [0, 0.1) is 0 Å². The van der Waals surface area contributed by atoms with Crippen molar-refractivity contribution in [2.24, 2.45) is 4.99 Å². The second-order valence-electron chi connectivity index (χ2n) is 6.46. The van der Waals surface area contributed by atoms with Crippen molar-refractivity contribution >= 4 is 29.9 Å². The number of nitrogens with zero attached hydrogens (tertiary/aromatic N) is 3. The van der Waals surface area contributed by atoms with Gasteiger partial charge in [0, 0.05) is 31.9 Å². The van der Waals surface area contributed by atoms with Crippen LogP contribution in [-0.4, -0.2) is 49.7 Å². The highest BCUT2D eigenvalue weighted by Gasteiger charge is 2.16. The molecule has 3 rings (SSSR count). The summed E-state index contributed by atoms with van der Waals surface area (Å²) in [6.45, 7) is 5.66. The molecule has 1 fully saturated rings. The van der Waals surface area contributed by atoms with Gasteiger partial charge >= 0.3 is 0 Å². The quantitative estimate of drug-likeness (QED) is 0.343. The average Bonchev–Trinajstić information content (AvgIpc) is 3.27. The van der Waals surface area contributed by atoms with E-state index in [-0.39, 0.29) is 24.0 Å². The van der Waals surface area contributed by atoms with Crippen LogP contribution in [0.4, 0.5) is 0 Å². The summed E-state index contributed by atoms with van der Waals surface area (Å²) in [5.74, 6) is 3.14. The first-order valence-corrected chi connectivity index (χ1v) is 9.62. The first kappa shape index (κ1) is 23.1. The molecule has 2 aromatic rings. The number of ether oxygens (including phenoxy) is 3. The van der Waals surface area contributed by atoms with Gasteiger partial charge in [0.05, 0.1) is 20.8 Å². The fourth-order valence-corrected chi connectivity index (χ4v) is 3.11. The van der Waals surface area contributed by atoms with E-state index in [1.54, 1.807) is 20.4 Å². The number of benzene rings is 1. The lowest BCUT2D eigenvalue weighted by Gasteiger charge is -2.20. The van der Waals surface area contributed by atoms with E-state index in [4.69, 9.17) is 19.2 Å². The second kappa shape index (κ2) is 11.7. The Balaban J connectivity index is 0.00000300. The van der Waals surface area contributed by atoms with Crippen LogP contribution in [0.1, 0.15) is 25.3 Å². The minimum Gasteiger partial charge on any atom is -0.493 e. The third-order valence-corrected chi connectivity index (χ3v) is 4.54. The van der Waals surface area contributed by atoms with Gasteiger partial charge in [0.1, 0.15) is 0 Å². The van der Waals surface area contributed by atoms with Crippen molar-refractivity contribution in [1.29, 1.82) is 0 Å². The molecule has 0 amide bonds. The lowest BCUT2D eigenvalue weighted by Crippen LogP contribution is -2.39. The number of methoxy groups -OCH3 is 2. The minimum absolute atomic E-state index is 0. The number of halogens is 1. The molecule has 0 saturated carbocycles. The molecule has 0 spiro atoms. The fraction of sp³-hybridized carbons (Fsp3) is 0.429. The van der Waals surface area contributed by atoms with E-state index < -0.39 is 0 Å². The summed E-state index contributed by atoms with van der Waals surface area (Å²) in [6.07, 6.45) is 4.24. The SMILES string of the molecule is CCNC(=NCc1ccc(Oc2c(OC)cccc2OC)nc1)N1CCCC1.I. The molecule has 158 valence electrons. The normalized spacial score (nSPS) is 13.6. The number of aromatic nitrogens is 1. The molecule has 8 heteroatoms. The van der Waals surface area contributed by atoms with Gasteiger partial charge in [0.25, 0.3) is 0 Å². The van der Waals surface area contributed by atoms with Crippen LogP contribution < -0.4 is 19.5 Å². The van der Waals surface area contributed by atoms with Gasteiger partial charge in [0.2, 0.25) is 11.6 Å². The Morgan fingerprint density at radius 2 is 1.79 bits per heavy atom. The van der Waals surface area contributed by atoms with Gasteiger partial charge in [-0.3, -0.25) is 0 Å². The summed E-state index contributed by atoms with van der Waals surface area (Å²) < 4.78 is 16.6. The third-order valence-electron chi connectivity index (χ3n) is 4.54. The summed E-state index contributed by atoms with van der Waals surface area (Å²) in [7, 11) is 3.19. The molecule has 29 heavy (non-hydrogen) atoms. The molecule has 0 aliphatic carbocycles. The van der Waals surface area contributed by atoms with Crippen molar-refractivity contribution in [2.45, 2.75) is 26.3 Å². The maximum absolute atomic E-state index is 5.91. The summed E-state index contributed by atoms with van der Waals surface area (Å²) in [6, 6.07) is 9.30. The Labute approximate surface area is 189 Å². The molecular weight excluding hydrogens is 483 g/mol. The Morgan fingerprint density at radius 1 is 1.10 bits per heavy atom. The predicted octanol–water partition coefficient (Wildman–Crippen LogP) is 4.07. The molecule has 0 unspecified atom stereocenters. The number of para-hydroxylation sites is 1. The molecule has 0 bridgehead atoms. The average molecular weight is 512 g/mol. The van der Waals surface area contributed by atoms with Crippen LogP contribution in [-0.2, 0) is 6.54 Å². The highest BCUT2D eigenvalue weighted by Crippen LogP contribution is 2.39. The molecule has 1 aliphatic rings. The Kier molecular flexibility index (Phi) is 9.30. The Bertz CT molecular complexity index is 771. The molecule has 1 aromatic heterocycles. The topological polar surface area (TPSA) is 68.2 Å². The van der Waals surface area contributed by atoms with Gasteiger partial charge in [-0.15, -0.1) is 24.0 Å². The van der Waals surface area contributed by atoms with E-state index in [1.807, 2.05) is 30.3 Å². The van der Waals surface area contributed by atoms with Gasteiger partial charge in [-0.05, 0) is 37.5 Å². The highest BCUT2D eigenvalue weighted by atomic mass is 127. The van der Waals surface area contributed by atoms with Crippen molar-refractivity contribution in [3.63, 3.8) is 0 Å². The summed E-state index contributed by atoms with van der Waals surface area (Å²) in [4.78, 5) is 11.5. The van der Waals surface area contributed by atoms with Crippen LogP contribution in [0.25, 0.3) is 0 Å². The predicted molar refractivity (Wildman–Crippen MR) is 125 cm³/mol. The molecule has 2 heterocycles. The zero-order valence-corrected chi connectivity index (χ0v) is 19.5. The molecule has 1 aliphatic heterocycles. The number of pyridine rings is 1. The molecule has 7 nitrogen and oxygen atoms in total. The largest absolute Gasteiger partial charge is 0.493 e. The number of rotatable bonds is 7. The number of nitrogens with one attached hydrogen (secondary N) is 1. The summed E-state index contributed by atoms with van der Waals surface area (Å²) in [5.41, 5.74) is 1.02. The fourth-order valence-electron chi connectivity index (χ4n) is 3.11. The maximum atomic E-state index is 5.91. The number of guanidine groups is 1. The van der Waals surface area contributed by atoms with Crippen molar-refractivity contribution in [3.05, 3.63) is 42.1 Å². The highest BCUT2D eigenvalue weighted by molar-refractivity contribution is 14.0. The zero-order valence-electron chi connectivity index (χ0n) is 17.2. The number of hydrogen-bond acceptors (Lipinski definition) is 5. The van der Waals surface area contributed by atoms with E-state index >= 15 is 0 Å². The zero-order chi connectivity index (χ0) is 19.8. The van der Waals surface area contributed by atoms with Gasteiger partial charge in [-0.1, -0.05) is 12.1 Å². The van der Waals surface area contributed by atoms with Gasteiger partial charge in [0.15, 0.2) is 17.5 Å². The van der Waals surface area contributed by atoms with Crippen molar-refractivity contribution in [2.75, 3.05) is 33.9 Å². The maximum Gasteiger partial charge on any atom is 0.219 e. The van der Waals surface area contributed by atoms with Gasteiger partial charge in [-0.2, -0.15) is 0 Å². The number of hydrogen-bond donors (Lipinski definition) is 1. The lowest BCUT2D eigenvalue weighted by atomic mass is 10.3.